The quantitative estimate of drug-likeness (QED) is 0.365. The van der Waals surface area contributed by atoms with Gasteiger partial charge >= 0.3 is 17.9 Å². The highest BCUT2D eigenvalue weighted by Crippen LogP contribution is 2.35. The Morgan fingerprint density at radius 1 is 1.10 bits per heavy atom. The summed E-state index contributed by atoms with van der Waals surface area (Å²) >= 11 is 0. The Balaban J connectivity index is 2.04. The van der Waals surface area contributed by atoms with Crippen molar-refractivity contribution in [3.63, 3.8) is 0 Å². The van der Waals surface area contributed by atoms with E-state index < -0.39 is 42.4 Å². The average molecular weight is 409 g/mol. The summed E-state index contributed by atoms with van der Waals surface area (Å²) in [5.74, 6) is -1.86. The number of hydrogen-bond donors (Lipinski definition) is 2. The summed E-state index contributed by atoms with van der Waals surface area (Å²) in [6.07, 6.45) is -1.87. The van der Waals surface area contributed by atoms with Gasteiger partial charge < -0.3 is 24.2 Å². The van der Waals surface area contributed by atoms with Crippen LogP contribution in [0.3, 0.4) is 0 Å². The molecule has 29 heavy (non-hydrogen) atoms. The molecule has 13 heteroatoms. The lowest BCUT2D eigenvalue weighted by atomic mass is 10.1. The monoisotopic (exact) mass is 409 g/mol. The molecule has 0 unspecified atom stereocenters. The van der Waals surface area contributed by atoms with Crippen molar-refractivity contribution in [1.29, 1.82) is 5.41 Å². The molecule has 1 saturated heterocycles. The van der Waals surface area contributed by atoms with Crippen molar-refractivity contribution in [2.75, 3.05) is 6.61 Å². The number of nitrogens with one attached hydrogen (secondary N) is 1. The molecule has 156 valence electrons. The summed E-state index contributed by atoms with van der Waals surface area (Å²) in [7, 11) is 0. The second-order valence-corrected chi connectivity index (χ2v) is 6.28. The van der Waals surface area contributed by atoms with E-state index in [9.17, 15) is 19.6 Å². The Morgan fingerprint density at radius 2 is 1.76 bits per heavy atom. The Kier molecular flexibility index (Phi) is 5.50. The second-order valence-electron chi connectivity index (χ2n) is 6.28. The van der Waals surface area contributed by atoms with Gasteiger partial charge in [-0.3, -0.25) is 24.4 Å². The molecule has 1 aliphatic heterocycles. The van der Waals surface area contributed by atoms with E-state index in [4.69, 9.17) is 24.4 Å². The van der Waals surface area contributed by atoms with E-state index in [1.54, 1.807) is 0 Å². The number of aromatic nitrogens is 4. The third-order valence-electron chi connectivity index (χ3n) is 4.13. The molecule has 0 aliphatic carbocycles. The fourth-order valence-electron chi connectivity index (χ4n) is 3.03. The van der Waals surface area contributed by atoms with Crippen LogP contribution in [0.4, 0.5) is 0 Å². The van der Waals surface area contributed by atoms with Crippen LogP contribution in [0.2, 0.25) is 0 Å². The van der Waals surface area contributed by atoms with Crippen molar-refractivity contribution >= 4 is 29.1 Å². The fourth-order valence-corrected chi connectivity index (χ4v) is 3.03. The summed E-state index contributed by atoms with van der Waals surface area (Å²) in [5.41, 5.74) is -0.0893. The zero-order chi connectivity index (χ0) is 21.3. The molecule has 13 nitrogen and oxygen atoms in total. The maximum Gasteiger partial charge on any atom is 0.303 e. The molecule has 4 atom stereocenters. The lowest BCUT2D eigenvalue weighted by Crippen LogP contribution is -2.40. The van der Waals surface area contributed by atoms with Crippen molar-refractivity contribution in [3.05, 3.63) is 18.1 Å². The zero-order valence-corrected chi connectivity index (χ0v) is 15.8. The number of carbonyl (C=O) groups is 3. The lowest BCUT2D eigenvalue weighted by Gasteiger charge is -2.23. The number of carbonyl (C=O) groups excluding carboxylic acids is 3. The number of rotatable bonds is 5. The summed E-state index contributed by atoms with van der Waals surface area (Å²) < 4.78 is 23.4. The molecule has 2 aromatic heterocycles. The van der Waals surface area contributed by atoms with Crippen LogP contribution in [0.1, 0.15) is 27.0 Å². The molecular formula is C16H19N5O8. The van der Waals surface area contributed by atoms with Crippen molar-refractivity contribution in [1.82, 2.24) is 19.3 Å². The van der Waals surface area contributed by atoms with E-state index in [0.29, 0.717) is 4.73 Å². The molecule has 0 spiro atoms. The molecule has 0 bridgehead atoms. The Morgan fingerprint density at radius 3 is 2.38 bits per heavy atom. The van der Waals surface area contributed by atoms with Crippen molar-refractivity contribution in [3.8, 4) is 0 Å². The predicted octanol–water partition coefficient (Wildman–Crippen LogP) is -0.727. The summed E-state index contributed by atoms with van der Waals surface area (Å²) in [5, 5.41) is 17.4. The third kappa shape index (κ3) is 4.03. The Labute approximate surface area is 163 Å². The van der Waals surface area contributed by atoms with Gasteiger partial charge in [-0.25, -0.2) is 9.97 Å². The SMILES string of the molecule is CC(=O)OC[C@H]1O[C@@H](n2cnc3c(=N)n(O)cnc32)[C@H](OC(C)=O)[C@@H]1OC(C)=O. The van der Waals surface area contributed by atoms with Crippen LogP contribution < -0.4 is 5.49 Å². The van der Waals surface area contributed by atoms with Gasteiger partial charge in [0.25, 0.3) is 0 Å². The summed E-state index contributed by atoms with van der Waals surface area (Å²) in [4.78, 5) is 42.5. The predicted molar refractivity (Wildman–Crippen MR) is 90.2 cm³/mol. The Hall–Kier alpha value is -3.48. The minimum absolute atomic E-state index is 0.0626. The summed E-state index contributed by atoms with van der Waals surface area (Å²) in [6.45, 7) is 3.33. The second kappa shape index (κ2) is 7.87. The molecule has 0 radical (unpaired) electrons. The first-order chi connectivity index (χ1) is 13.7. The normalized spacial score (nSPS) is 23.7. The largest absolute Gasteiger partial charge is 0.463 e. The number of fused-ring (bicyclic) bond motifs is 1. The van der Waals surface area contributed by atoms with Crippen LogP contribution in [0.5, 0.6) is 0 Å². The number of hydrogen-bond acceptors (Lipinski definition) is 11. The van der Waals surface area contributed by atoms with Gasteiger partial charge in [-0.05, 0) is 0 Å². The van der Waals surface area contributed by atoms with E-state index in [0.717, 1.165) is 6.33 Å². The average Bonchev–Trinajstić information content (AvgIpc) is 3.18. The smallest absolute Gasteiger partial charge is 0.303 e. The van der Waals surface area contributed by atoms with Gasteiger partial charge in [0, 0.05) is 20.8 Å². The molecule has 3 heterocycles. The third-order valence-corrected chi connectivity index (χ3v) is 4.13. The van der Waals surface area contributed by atoms with Crippen LogP contribution in [0.15, 0.2) is 12.7 Å². The maximum atomic E-state index is 11.7. The zero-order valence-electron chi connectivity index (χ0n) is 15.8. The highest BCUT2D eigenvalue weighted by molar-refractivity contribution is 5.69. The summed E-state index contributed by atoms with van der Waals surface area (Å²) in [6, 6.07) is 0. The number of imidazole rings is 1. The number of ether oxygens (including phenoxy) is 4. The van der Waals surface area contributed by atoms with Crippen LogP contribution in [0.25, 0.3) is 11.2 Å². The van der Waals surface area contributed by atoms with E-state index in [-0.39, 0.29) is 23.3 Å². The van der Waals surface area contributed by atoms with Gasteiger partial charge in [-0.1, -0.05) is 0 Å². The number of esters is 3. The van der Waals surface area contributed by atoms with Crippen LogP contribution in [-0.4, -0.2) is 67.3 Å². The highest BCUT2D eigenvalue weighted by atomic mass is 16.7. The van der Waals surface area contributed by atoms with E-state index in [1.165, 1.54) is 31.7 Å². The van der Waals surface area contributed by atoms with Crippen molar-refractivity contribution < 1.29 is 38.5 Å². The molecule has 1 fully saturated rings. The molecule has 2 N–H and O–H groups in total. The minimum Gasteiger partial charge on any atom is -0.463 e. The van der Waals surface area contributed by atoms with Gasteiger partial charge in [0.1, 0.15) is 19.0 Å². The maximum absolute atomic E-state index is 11.7. The number of nitrogens with zero attached hydrogens (tertiary/aromatic N) is 4. The fraction of sp³-hybridized carbons (Fsp3) is 0.500. The van der Waals surface area contributed by atoms with E-state index in [1.807, 2.05) is 0 Å². The van der Waals surface area contributed by atoms with Crippen LogP contribution >= 0.6 is 0 Å². The van der Waals surface area contributed by atoms with Crippen LogP contribution in [0, 0.1) is 5.41 Å². The van der Waals surface area contributed by atoms with Gasteiger partial charge in [-0.2, -0.15) is 4.73 Å². The molecular weight excluding hydrogens is 390 g/mol. The first-order valence-electron chi connectivity index (χ1n) is 8.50. The minimum atomic E-state index is -1.10. The van der Waals surface area contributed by atoms with Crippen molar-refractivity contribution in [2.24, 2.45) is 0 Å². The molecule has 2 aromatic rings. The van der Waals surface area contributed by atoms with Gasteiger partial charge in [-0.15, -0.1) is 0 Å². The van der Waals surface area contributed by atoms with E-state index in [2.05, 4.69) is 9.97 Å². The molecule has 0 aromatic carbocycles. The van der Waals surface area contributed by atoms with Crippen LogP contribution in [-0.2, 0) is 33.3 Å². The van der Waals surface area contributed by atoms with Gasteiger partial charge in [0.05, 0.1) is 6.33 Å². The topological polar surface area (TPSA) is 168 Å². The van der Waals surface area contributed by atoms with E-state index >= 15 is 0 Å². The first-order valence-corrected chi connectivity index (χ1v) is 8.50. The lowest BCUT2D eigenvalue weighted by molar-refractivity contribution is -0.166. The first kappa shape index (κ1) is 20.3. The Bertz CT molecular complexity index is 1010. The van der Waals surface area contributed by atoms with Gasteiger partial charge in [0.2, 0.25) is 0 Å². The standard InChI is InChI=1S/C16H19N5O8/c1-7(22)26-4-10-12(27-8(2)23)13(28-9(3)24)16(29-10)20-5-18-11-14(17)21(25)6-19-15(11)20/h5-6,10,12-13,16-17,25H,4H2,1-3H3/t10-,12-,13-,16-/m1/s1. The molecule has 1 aliphatic rings. The molecule has 0 amide bonds. The van der Waals surface area contributed by atoms with Gasteiger partial charge in [0.15, 0.2) is 35.1 Å². The molecule has 3 rings (SSSR count). The highest BCUT2D eigenvalue weighted by Gasteiger charge is 2.51. The molecule has 0 saturated carbocycles. The van der Waals surface area contributed by atoms with Crippen molar-refractivity contribution in [2.45, 2.75) is 45.3 Å².